The molecule has 0 unspecified atom stereocenters. The molecule has 2 rings (SSSR count). The Balaban J connectivity index is 2.13. The first-order valence-corrected chi connectivity index (χ1v) is 6.56. The highest BCUT2D eigenvalue weighted by molar-refractivity contribution is 6.00. The molecule has 0 heterocycles. The van der Waals surface area contributed by atoms with E-state index in [0.29, 0.717) is 17.1 Å². The van der Waals surface area contributed by atoms with Gasteiger partial charge < -0.3 is 16.4 Å². The normalized spacial score (nSPS) is 10.1. The molecule has 114 valence electrons. The molecule has 0 bridgehead atoms. The summed E-state index contributed by atoms with van der Waals surface area (Å²) < 4.78 is 0. The SMILES string of the molecule is Cc1ccc(NC(=O)Nc2cc([N+](=O)[O-])ccc2C)cc1N. The number of carbonyl (C=O) groups excluding carboxylic acids is 1. The van der Waals surface area contributed by atoms with Crippen molar-refractivity contribution >= 4 is 28.8 Å². The van der Waals surface area contributed by atoms with Gasteiger partial charge in [0.2, 0.25) is 0 Å². The molecular formula is C15H16N4O3. The molecule has 2 amide bonds. The number of nitrogens with zero attached hydrogens (tertiary/aromatic N) is 1. The van der Waals surface area contributed by atoms with Gasteiger partial charge in [0.25, 0.3) is 5.69 Å². The third kappa shape index (κ3) is 3.51. The van der Waals surface area contributed by atoms with Crippen LogP contribution in [0.2, 0.25) is 0 Å². The number of amides is 2. The number of aryl methyl sites for hydroxylation is 2. The molecule has 7 nitrogen and oxygen atoms in total. The van der Waals surface area contributed by atoms with Crippen LogP contribution in [-0.4, -0.2) is 11.0 Å². The van der Waals surface area contributed by atoms with E-state index in [-0.39, 0.29) is 5.69 Å². The monoisotopic (exact) mass is 300 g/mol. The number of nitro benzene ring substituents is 1. The van der Waals surface area contributed by atoms with Crippen molar-refractivity contribution in [3.05, 3.63) is 57.6 Å². The summed E-state index contributed by atoms with van der Waals surface area (Å²) >= 11 is 0. The average molecular weight is 300 g/mol. The van der Waals surface area contributed by atoms with Gasteiger partial charge in [-0.25, -0.2) is 4.79 Å². The topological polar surface area (TPSA) is 110 Å². The molecule has 0 aliphatic rings. The molecule has 0 saturated heterocycles. The maximum absolute atomic E-state index is 12.0. The standard InChI is InChI=1S/C15H16N4O3/c1-9-3-5-11(7-13(9)16)17-15(20)18-14-8-12(19(21)22)6-4-10(14)2/h3-8H,16H2,1-2H3,(H2,17,18,20). The van der Waals surface area contributed by atoms with Crippen LogP contribution in [0.5, 0.6) is 0 Å². The number of non-ortho nitro benzene ring substituents is 1. The van der Waals surface area contributed by atoms with Crippen LogP contribution < -0.4 is 16.4 Å². The zero-order valence-electron chi connectivity index (χ0n) is 12.2. The van der Waals surface area contributed by atoms with E-state index in [2.05, 4.69) is 10.6 Å². The summed E-state index contributed by atoms with van der Waals surface area (Å²) in [5.41, 5.74) is 8.84. The van der Waals surface area contributed by atoms with Crippen molar-refractivity contribution in [3.8, 4) is 0 Å². The number of rotatable bonds is 3. The van der Waals surface area contributed by atoms with E-state index in [9.17, 15) is 14.9 Å². The van der Waals surface area contributed by atoms with Gasteiger partial charge >= 0.3 is 6.03 Å². The summed E-state index contributed by atoms with van der Waals surface area (Å²) in [4.78, 5) is 22.2. The third-order valence-corrected chi connectivity index (χ3v) is 3.22. The fraction of sp³-hybridized carbons (Fsp3) is 0.133. The second kappa shape index (κ2) is 6.13. The Kier molecular flexibility index (Phi) is 4.26. The highest BCUT2D eigenvalue weighted by Crippen LogP contribution is 2.22. The first kappa shape index (κ1) is 15.3. The quantitative estimate of drug-likeness (QED) is 0.458. The predicted octanol–water partition coefficient (Wildman–Crippen LogP) is 3.44. The van der Waals surface area contributed by atoms with Gasteiger partial charge in [0, 0.05) is 23.5 Å². The van der Waals surface area contributed by atoms with Gasteiger partial charge in [-0.15, -0.1) is 0 Å². The number of nitrogens with one attached hydrogen (secondary N) is 2. The highest BCUT2D eigenvalue weighted by Gasteiger charge is 2.11. The third-order valence-electron chi connectivity index (χ3n) is 3.22. The van der Waals surface area contributed by atoms with Crippen molar-refractivity contribution in [1.82, 2.24) is 0 Å². The number of nitrogens with two attached hydrogens (primary N) is 1. The van der Waals surface area contributed by atoms with Crippen LogP contribution in [0.3, 0.4) is 0 Å². The van der Waals surface area contributed by atoms with Crippen molar-refractivity contribution in [1.29, 1.82) is 0 Å². The molecule has 2 aromatic carbocycles. The van der Waals surface area contributed by atoms with E-state index in [1.54, 1.807) is 31.2 Å². The minimum Gasteiger partial charge on any atom is -0.398 e. The summed E-state index contributed by atoms with van der Waals surface area (Å²) in [5.74, 6) is 0. The van der Waals surface area contributed by atoms with E-state index in [0.717, 1.165) is 11.1 Å². The summed E-state index contributed by atoms with van der Waals surface area (Å²) in [7, 11) is 0. The lowest BCUT2D eigenvalue weighted by molar-refractivity contribution is -0.384. The summed E-state index contributed by atoms with van der Waals surface area (Å²) in [6, 6.07) is 8.96. The fourth-order valence-corrected chi connectivity index (χ4v) is 1.86. The molecule has 0 aliphatic heterocycles. The number of hydrogen-bond acceptors (Lipinski definition) is 4. The Bertz CT molecular complexity index is 744. The number of nitro groups is 1. The molecule has 0 aliphatic carbocycles. The molecule has 0 spiro atoms. The maximum atomic E-state index is 12.0. The second-order valence-electron chi connectivity index (χ2n) is 4.91. The largest absolute Gasteiger partial charge is 0.398 e. The molecule has 0 atom stereocenters. The molecule has 7 heteroatoms. The van der Waals surface area contributed by atoms with Gasteiger partial charge in [0.1, 0.15) is 0 Å². The molecule has 0 aromatic heterocycles. The van der Waals surface area contributed by atoms with E-state index in [1.165, 1.54) is 12.1 Å². The highest BCUT2D eigenvalue weighted by atomic mass is 16.6. The zero-order chi connectivity index (χ0) is 16.3. The van der Waals surface area contributed by atoms with E-state index in [1.807, 2.05) is 6.92 Å². The van der Waals surface area contributed by atoms with Crippen molar-refractivity contribution in [2.75, 3.05) is 16.4 Å². The van der Waals surface area contributed by atoms with Crippen molar-refractivity contribution in [2.24, 2.45) is 0 Å². The maximum Gasteiger partial charge on any atom is 0.323 e. The lowest BCUT2D eigenvalue weighted by Crippen LogP contribution is -2.20. The van der Waals surface area contributed by atoms with Crippen LogP contribution in [0.15, 0.2) is 36.4 Å². The van der Waals surface area contributed by atoms with Crippen molar-refractivity contribution < 1.29 is 9.72 Å². The molecular weight excluding hydrogens is 284 g/mol. The Morgan fingerprint density at radius 1 is 1.09 bits per heavy atom. The van der Waals surface area contributed by atoms with Crippen LogP contribution in [0, 0.1) is 24.0 Å². The van der Waals surface area contributed by atoms with Gasteiger partial charge in [0.15, 0.2) is 0 Å². The number of hydrogen-bond donors (Lipinski definition) is 3. The van der Waals surface area contributed by atoms with Gasteiger partial charge in [-0.05, 0) is 37.1 Å². The lowest BCUT2D eigenvalue weighted by atomic mass is 10.2. The smallest absolute Gasteiger partial charge is 0.323 e. The number of urea groups is 1. The number of benzene rings is 2. The predicted molar refractivity (Wildman–Crippen MR) is 86.1 cm³/mol. The summed E-state index contributed by atoms with van der Waals surface area (Å²) in [6.45, 7) is 3.62. The molecule has 0 saturated carbocycles. The fourth-order valence-electron chi connectivity index (χ4n) is 1.86. The first-order valence-electron chi connectivity index (χ1n) is 6.56. The van der Waals surface area contributed by atoms with Crippen molar-refractivity contribution in [3.63, 3.8) is 0 Å². The summed E-state index contributed by atoms with van der Waals surface area (Å²) in [6.07, 6.45) is 0. The Hall–Kier alpha value is -3.09. The number of carbonyl (C=O) groups is 1. The Morgan fingerprint density at radius 2 is 1.77 bits per heavy atom. The van der Waals surface area contributed by atoms with Crippen molar-refractivity contribution in [2.45, 2.75) is 13.8 Å². The first-order chi connectivity index (χ1) is 10.4. The van der Waals surface area contributed by atoms with Gasteiger partial charge in [0.05, 0.1) is 10.6 Å². The molecule has 22 heavy (non-hydrogen) atoms. The average Bonchev–Trinajstić information content (AvgIpc) is 2.45. The van der Waals surface area contributed by atoms with E-state index < -0.39 is 11.0 Å². The molecule has 0 fully saturated rings. The van der Waals surface area contributed by atoms with Gasteiger partial charge in [-0.3, -0.25) is 10.1 Å². The number of anilines is 3. The molecule has 0 radical (unpaired) electrons. The molecule has 2 aromatic rings. The lowest BCUT2D eigenvalue weighted by Gasteiger charge is -2.11. The van der Waals surface area contributed by atoms with Crippen LogP contribution >= 0.6 is 0 Å². The van der Waals surface area contributed by atoms with Crippen LogP contribution in [-0.2, 0) is 0 Å². The van der Waals surface area contributed by atoms with Gasteiger partial charge in [-0.1, -0.05) is 12.1 Å². The Morgan fingerprint density at radius 3 is 2.41 bits per heavy atom. The second-order valence-corrected chi connectivity index (χ2v) is 4.91. The minimum atomic E-state index is -0.511. The Labute approximate surface area is 127 Å². The van der Waals surface area contributed by atoms with E-state index in [4.69, 9.17) is 5.73 Å². The van der Waals surface area contributed by atoms with Gasteiger partial charge in [-0.2, -0.15) is 0 Å². The van der Waals surface area contributed by atoms with Crippen LogP contribution in [0.25, 0.3) is 0 Å². The zero-order valence-corrected chi connectivity index (χ0v) is 12.2. The van der Waals surface area contributed by atoms with Crippen LogP contribution in [0.1, 0.15) is 11.1 Å². The van der Waals surface area contributed by atoms with E-state index >= 15 is 0 Å². The van der Waals surface area contributed by atoms with Crippen LogP contribution in [0.4, 0.5) is 27.5 Å². The molecule has 4 N–H and O–H groups in total. The number of nitrogen functional groups attached to an aromatic ring is 1. The minimum absolute atomic E-state index is 0.0829. The summed E-state index contributed by atoms with van der Waals surface area (Å²) in [5, 5.41) is 16.0.